The third kappa shape index (κ3) is 3.70. The number of imidazole rings is 1. The number of aryl methyl sites for hydroxylation is 1. The number of ether oxygens (including phenoxy) is 1. The van der Waals surface area contributed by atoms with Gasteiger partial charge in [0, 0.05) is 24.8 Å². The molecule has 2 aliphatic carbocycles. The Labute approximate surface area is 176 Å². The van der Waals surface area contributed by atoms with Crippen molar-refractivity contribution in [3.8, 4) is 16.9 Å². The number of benzene rings is 1. The maximum absolute atomic E-state index is 5.39. The summed E-state index contributed by atoms with van der Waals surface area (Å²) in [6.45, 7) is 4.39. The van der Waals surface area contributed by atoms with E-state index in [1.807, 2.05) is 12.3 Å². The minimum absolute atomic E-state index is 0.834. The first-order chi connectivity index (χ1) is 14.2. The Bertz CT molecular complexity index is 1020. The van der Waals surface area contributed by atoms with Gasteiger partial charge in [0.2, 0.25) is 0 Å². The molecule has 2 heterocycles. The van der Waals surface area contributed by atoms with Gasteiger partial charge in [-0.3, -0.25) is 0 Å². The molecule has 2 fully saturated rings. The van der Waals surface area contributed by atoms with E-state index in [0.29, 0.717) is 0 Å². The minimum Gasteiger partial charge on any atom is -0.497 e. The molecular formula is C23H28N4OS. The molecule has 6 heteroatoms. The molecule has 0 spiro atoms. The van der Waals surface area contributed by atoms with Crippen LogP contribution in [0.1, 0.15) is 31.2 Å². The molecule has 5 rings (SSSR count). The summed E-state index contributed by atoms with van der Waals surface area (Å²) in [6.07, 6.45) is 9.46. The Kier molecular flexibility index (Phi) is 4.90. The lowest BCUT2D eigenvalue weighted by Crippen LogP contribution is -2.30. The molecule has 0 aliphatic heterocycles. The number of nitrogens with zero attached hydrogens (tertiary/aromatic N) is 4. The lowest BCUT2D eigenvalue weighted by atomic mass is 10.0. The van der Waals surface area contributed by atoms with Crippen molar-refractivity contribution in [2.75, 3.05) is 31.4 Å². The summed E-state index contributed by atoms with van der Waals surface area (Å²) in [5.74, 6) is 3.73. The van der Waals surface area contributed by atoms with Gasteiger partial charge in [-0.1, -0.05) is 6.07 Å². The fraction of sp³-hybridized carbons (Fsp3) is 0.478. The number of hydrogen-bond acceptors (Lipinski definition) is 5. The topological polar surface area (TPSA) is 42.7 Å². The van der Waals surface area contributed by atoms with Crippen LogP contribution in [0.3, 0.4) is 0 Å². The number of rotatable bonds is 8. The van der Waals surface area contributed by atoms with Crippen LogP contribution in [0.25, 0.3) is 16.8 Å². The van der Waals surface area contributed by atoms with E-state index in [0.717, 1.165) is 46.9 Å². The van der Waals surface area contributed by atoms with Gasteiger partial charge in [-0.25, -0.2) is 4.98 Å². The maximum atomic E-state index is 5.39. The lowest BCUT2D eigenvalue weighted by molar-refractivity contribution is 0.414. The van der Waals surface area contributed by atoms with Crippen molar-refractivity contribution in [1.82, 2.24) is 14.6 Å². The van der Waals surface area contributed by atoms with Crippen LogP contribution in [0.4, 0.5) is 5.82 Å². The molecule has 0 amide bonds. The predicted molar refractivity (Wildman–Crippen MR) is 119 cm³/mol. The highest BCUT2D eigenvalue weighted by Gasteiger charge is 2.32. The van der Waals surface area contributed by atoms with Crippen LogP contribution in [0.5, 0.6) is 5.75 Å². The zero-order valence-corrected chi connectivity index (χ0v) is 18.2. The largest absolute Gasteiger partial charge is 0.497 e. The molecule has 1 aromatic carbocycles. The molecule has 3 aromatic rings. The monoisotopic (exact) mass is 408 g/mol. The van der Waals surface area contributed by atoms with E-state index in [1.165, 1.54) is 42.6 Å². The molecule has 0 bridgehead atoms. The van der Waals surface area contributed by atoms with Crippen molar-refractivity contribution in [2.45, 2.75) is 37.6 Å². The third-order valence-corrected chi connectivity index (χ3v) is 6.69. The number of thioether (sulfide) groups is 1. The normalized spacial score (nSPS) is 16.4. The Morgan fingerprint density at radius 3 is 2.41 bits per heavy atom. The number of methoxy groups -OCH3 is 1. The van der Waals surface area contributed by atoms with Crippen LogP contribution in [0.2, 0.25) is 0 Å². The summed E-state index contributed by atoms with van der Waals surface area (Å²) in [4.78, 5) is 7.63. The molecule has 29 heavy (non-hydrogen) atoms. The molecule has 0 N–H and O–H groups in total. The van der Waals surface area contributed by atoms with E-state index >= 15 is 0 Å². The average Bonchev–Trinajstić information content (AvgIpc) is 3.66. The molecule has 2 saturated carbocycles. The van der Waals surface area contributed by atoms with Crippen LogP contribution in [-0.4, -0.2) is 41.1 Å². The summed E-state index contributed by atoms with van der Waals surface area (Å²) in [5, 5.41) is 5.83. The van der Waals surface area contributed by atoms with E-state index in [9.17, 15) is 0 Å². The number of anilines is 1. The first-order valence-electron chi connectivity index (χ1n) is 10.5. The van der Waals surface area contributed by atoms with Gasteiger partial charge in [0.25, 0.3) is 0 Å². The standard InChI is InChI=1S/C23H28N4OS/c1-15-12-18(28-2)8-9-19(15)20-10-11-24-27-21(20)25-22(29-3)23(27)26(13-16-4-5-16)14-17-6-7-17/h8-12,16-17H,4-7,13-14H2,1-3H3. The molecule has 5 nitrogen and oxygen atoms in total. The Hall–Kier alpha value is -2.21. The summed E-state index contributed by atoms with van der Waals surface area (Å²) in [6, 6.07) is 8.31. The van der Waals surface area contributed by atoms with E-state index in [-0.39, 0.29) is 0 Å². The Balaban J connectivity index is 1.63. The van der Waals surface area contributed by atoms with Gasteiger partial charge in [0.1, 0.15) is 10.8 Å². The van der Waals surface area contributed by atoms with Gasteiger partial charge in [0.15, 0.2) is 11.5 Å². The van der Waals surface area contributed by atoms with Crippen molar-refractivity contribution in [1.29, 1.82) is 0 Å². The second kappa shape index (κ2) is 7.56. The molecule has 2 aromatic heterocycles. The lowest BCUT2D eigenvalue weighted by Gasteiger charge is -2.24. The van der Waals surface area contributed by atoms with Crippen molar-refractivity contribution >= 4 is 23.2 Å². The van der Waals surface area contributed by atoms with Crippen LogP contribution in [-0.2, 0) is 0 Å². The average molecular weight is 409 g/mol. The van der Waals surface area contributed by atoms with Gasteiger partial charge in [0.05, 0.1) is 7.11 Å². The molecular weight excluding hydrogens is 380 g/mol. The van der Waals surface area contributed by atoms with Crippen LogP contribution in [0.15, 0.2) is 35.5 Å². The van der Waals surface area contributed by atoms with Gasteiger partial charge in [-0.2, -0.15) is 9.61 Å². The summed E-state index contributed by atoms with van der Waals surface area (Å²) in [5.41, 5.74) is 4.43. The van der Waals surface area contributed by atoms with E-state index in [4.69, 9.17) is 14.8 Å². The molecule has 0 saturated heterocycles. The van der Waals surface area contributed by atoms with Gasteiger partial charge in [-0.15, -0.1) is 11.8 Å². The Morgan fingerprint density at radius 2 is 1.83 bits per heavy atom. The highest BCUT2D eigenvalue weighted by Crippen LogP contribution is 2.40. The fourth-order valence-electron chi connectivity index (χ4n) is 4.07. The second-order valence-electron chi connectivity index (χ2n) is 8.40. The van der Waals surface area contributed by atoms with E-state index in [2.05, 4.69) is 40.8 Å². The minimum atomic E-state index is 0.834. The zero-order chi connectivity index (χ0) is 20.0. The molecule has 152 valence electrons. The number of hydrogen-bond donors (Lipinski definition) is 0. The molecule has 0 unspecified atom stereocenters. The number of aromatic nitrogens is 3. The molecule has 0 atom stereocenters. The van der Waals surface area contributed by atoms with Crippen LogP contribution in [0, 0.1) is 18.8 Å². The van der Waals surface area contributed by atoms with Crippen molar-refractivity contribution < 1.29 is 4.74 Å². The molecule has 2 aliphatic rings. The van der Waals surface area contributed by atoms with Crippen molar-refractivity contribution in [3.63, 3.8) is 0 Å². The molecule has 0 radical (unpaired) electrons. The van der Waals surface area contributed by atoms with E-state index in [1.54, 1.807) is 18.9 Å². The third-order valence-electron chi connectivity index (χ3n) is 6.03. The summed E-state index contributed by atoms with van der Waals surface area (Å²) < 4.78 is 7.47. The zero-order valence-electron chi connectivity index (χ0n) is 17.4. The smallest absolute Gasteiger partial charge is 0.165 e. The SMILES string of the molecule is COc1ccc(-c2ccnn3c(N(CC4CC4)CC4CC4)c(SC)nc23)c(C)c1. The highest BCUT2D eigenvalue weighted by molar-refractivity contribution is 7.98. The first-order valence-corrected chi connectivity index (χ1v) is 11.7. The van der Waals surface area contributed by atoms with Crippen molar-refractivity contribution in [3.05, 3.63) is 36.0 Å². The van der Waals surface area contributed by atoms with Gasteiger partial charge >= 0.3 is 0 Å². The summed E-state index contributed by atoms with van der Waals surface area (Å²) in [7, 11) is 1.71. The van der Waals surface area contributed by atoms with Crippen molar-refractivity contribution in [2.24, 2.45) is 11.8 Å². The predicted octanol–water partition coefficient (Wildman–Crippen LogP) is 5.06. The fourth-order valence-corrected chi connectivity index (χ4v) is 4.65. The number of fused-ring (bicyclic) bond motifs is 1. The second-order valence-corrected chi connectivity index (χ2v) is 9.19. The van der Waals surface area contributed by atoms with Gasteiger partial charge in [-0.05, 0) is 80.0 Å². The first kappa shape index (κ1) is 18.8. The maximum Gasteiger partial charge on any atom is 0.165 e. The highest BCUT2D eigenvalue weighted by atomic mass is 32.2. The quantitative estimate of drug-likeness (QED) is 0.487. The van der Waals surface area contributed by atoms with Crippen LogP contribution >= 0.6 is 11.8 Å². The van der Waals surface area contributed by atoms with E-state index < -0.39 is 0 Å². The Morgan fingerprint density at radius 1 is 1.10 bits per heavy atom. The van der Waals surface area contributed by atoms with Gasteiger partial charge < -0.3 is 9.64 Å². The van der Waals surface area contributed by atoms with Crippen LogP contribution < -0.4 is 9.64 Å². The summed E-state index contributed by atoms with van der Waals surface area (Å²) >= 11 is 1.73.